The van der Waals surface area contributed by atoms with E-state index in [0.717, 1.165) is 29.6 Å². The van der Waals surface area contributed by atoms with Crippen LogP contribution >= 0.6 is 11.3 Å². The Bertz CT molecular complexity index is 606. The summed E-state index contributed by atoms with van der Waals surface area (Å²) in [7, 11) is 0. The Morgan fingerprint density at radius 2 is 1.95 bits per heavy atom. The summed E-state index contributed by atoms with van der Waals surface area (Å²) in [6.45, 7) is 7.27. The number of hydrogen-bond donors (Lipinski definition) is 1. The predicted octanol–water partition coefficient (Wildman–Crippen LogP) is 4.17. The molecule has 1 aliphatic rings. The van der Waals surface area contributed by atoms with E-state index >= 15 is 0 Å². The number of ether oxygens (including phenoxy) is 1. The Hall–Kier alpha value is -1.46. The van der Waals surface area contributed by atoms with Crippen molar-refractivity contribution in [3.63, 3.8) is 0 Å². The first kappa shape index (κ1) is 15.4. The van der Waals surface area contributed by atoms with E-state index in [1.807, 2.05) is 6.07 Å². The van der Waals surface area contributed by atoms with Crippen molar-refractivity contribution in [3.8, 4) is 0 Å². The molecule has 2 unspecified atom stereocenters. The average molecular weight is 317 g/mol. The van der Waals surface area contributed by atoms with Gasteiger partial charge in [0, 0.05) is 18.1 Å². The number of benzene rings is 1. The van der Waals surface area contributed by atoms with Gasteiger partial charge in [0.05, 0.1) is 6.10 Å². The van der Waals surface area contributed by atoms with E-state index in [1.165, 1.54) is 5.56 Å². The van der Waals surface area contributed by atoms with Crippen LogP contribution in [0.4, 0.5) is 5.13 Å². The lowest BCUT2D eigenvalue weighted by molar-refractivity contribution is 0.00979. The number of anilines is 1. The highest BCUT2D eigenvalue weighted by atomic mass is 32.1. The average Bonchev–Trinajstić information content (AvgIpc) is 2.97. The number of rotatable bonds is 3. The summed E-state index contributed by atoms with van der Waals surface area (Å²) in [5.41, 5.74) is 1.31. The molecule has 1 N–H and O–H groups in total. The van der Waals surface area contributed by atoms with Crippen molar-refractivity contribution in [1.82, 2.24) is 10.2 Å². The third-order valence-corrected chi connectivity index (χ3v) is 5.13. The third kappa shape index (κ3) is 3.65. The van der Waals surface area contributed by atoms with Gasteiger partial charge >= 0.3 is 0 Å². The van der Waals surface area contributed by atoms with Crippen LogP contribution < -0.4 is 5.32 Å². The molecule has 0 saturated carbocycles. The van der Waals surface area contributed by atoms with Crippen LogP contribution in [0.25, 0.3) is 0 Å². The number of nitrogens with one attached hydrogen (secondary N) is 1. The van der Waals surface area contributed by atoms with Crippen molar-refractivity contribution in [1.29, 1.82) is 0 Å². The van der Waals surface area contributed by atoms with Crippen LogP contribution in [-0.2, 0) is 10.2 Å². The van der Waals surface area contributed by atoms with Crippen molar-refractivity contribution < 1.29 is 4.74 Å². The molecular formula is C17H23N3OS. The summed E-state index contributed by atoms with van der Waals surface area (Å²) in [6.07, 6.45) is 2.14. The molecule has 1 fully saturated rings. The van der Waals surface area contributed by atoms with Crippen LogP contribution in [0.15, 0.2) is 30.3 Å². The second-order valence-corrected chi connectivity index (χ2v) is 7.78. The summed E-state index contributed by atoms with van der Waals surface area (Å²) in [6, 6.07) is 10.8. The van der Waals surface area contributed by atoms with Crippen LogP contribution in [-0.4, -0.2) is 22.8 Å². The van der Waals surface area contributed by atoms with E-state index in [4.69, 9.17) is 4.74 Å². The highest BCUT2D eigenvalue weighted by Crippen LogP contribution is 2.32. The number of nitrogens with zero attached hydrogens (tertiary/aromatic N) is 2. The zero-order valence-corrected chi connectivity index (χ0v) is 14.2. The van der Waals surface area contributed by atoms with Gasteiger partial charge in [0.25, 0.3) is 0 Å². The second-order valence-electron chi connectivity index (χ2n) is 6.80. The molecule has 3 rings (SSSR count). The van der Waals surface area contributed by atoms with Crippen LogP contribution in [0.1, 0.15) is 50.3 Å². The van der Waals surface area contributed by atoms with E-state index in [2.05, 4.69) is 60.6 Å². The maximum absolute atomic E-state index is 5.92. The Morgan fingerprint density at radius 1 is 1.18 bits per heavy atom. The molecular weight excluding hydrogens is 294 g/mol. The largest absolute Gasteiger partial charge is 0.373 e. The lowest BCUT2D eigenvalue weighted by Gasteiger charge is -2.30. The van der Waals surface area contributed by atoms with Gasteiger partial charge in [0.15, 0.2) is 0 Å². The van der Waals surface area contributed by atoms with E-state index in [9.17, 15) is 0 Å². The van der Waals surface area contributed by atoms with E-state index in [0.29, 0.717) is 6.04 Å². The van der Waals surface area contributed by atoms with E-state index < -0.39 is 0 Å². The zero-order chi connectivity index (χ0) is 15.6. The van der Waals surface area contributed by atoms with Crippen molar-refractivity contribution >= 4 is 16.5 Å². The van der Waals surface area contributed by atoms with Gasteiger partial charge in [0.1, 0.15) is 5.01 Å². The molecule has 1 aromatic carbocycles. The van der Waals surface area contributed by atoms with E-state index in [-0.39, 0.29) is 11.5 Å². The highest BCUT2D eigenvalue weighted by molar-refractivity contribution is 7.15. The standard InChI is InChI=1S/C17H23N3OS/c1-17(2,3)15-19-20-16(22-15)18-13-9-10-21-14(11-13)12-7-5-4-6-8-12/h4-8,13-14H,9-11H2,1-3H3,(H,18,20). The first-order valence-corrected chi connectivity index (χ1v) is 8.61. The van der Waals surface area contributed by atoms with Crippen molar-refractivity contribution in [3.05, 3.63) is 40.9 Å². The van der Waals surface area contributed by atoms with Crippen molar-refractivity contribution in [2.45, 2.75) is 51.2 Å². The molecule has 118 valence electrons. The van der Waals surface area contributed by atoms with E-state index in [1.54, 1.807) is 11.3 Å². The lowest BCUT2D eigenvalue weighted by atomic mass is 9.98. The van der Waals surface area contributed by atoms with Gasteiger partial charge in [-0.2, -0.15) is 0 Å². The molecule has 0 radical (unpaired) electrons. The first-order valence-electron chi connectivity index (χ1n) is 7.79. The fourth-order valence-corrected chi connectivity index (χ4v) is 3.47. The molecule has 0 bridgehead atoms. The van der Waals surface area contributed by atoms with Gasteiger partial charge in [-0.05, 0) is 18.4 Å². The fourth-order valence-electron chi connectivity index (χ4n) is 2.59. The molecule has 1 saturated heterocycles. The van der Waals surface area contributed by atoms with Gasteiger partial charge in [-0.15, -0.1) is 10.2 Å². The van der Waals surface area contributed by atoms with Crippen molar-refractivity contribution in [2.24, 2.45) is 0 Å². The minimum absolute atomic E-state index is 0.0554. The first-order chi connectivity index (χ1) is 10.5. The summed E-state index contributed by atoms with van der Waals surface area (Å²) in [5, 5.41) is 14.1. The number of hydrogen-bond acceptors (Lipinski definition) is 5. The molecule has 4 nitrogen and oxygen atoms in total. The molecule has 2 aromatic rings. The monoisotopic (exact) mass is 317 g/mol. The van der Waals surface area contributed by atoms with Crippen LogP contribution in [0.2, 0.25) is 0 Å². The maximum atomic E-state index is 5.92. The van der Waals surface area contributed by atoms with Crippen LogP contribution in [0.3, 0.4) is 0 Å². The van der Waals surface area contributed by atoms with Gasteiger partial charge in [-0.1, -0.05) is 62.4 Å². The Balaban J connectivity index is 1.64. The van der Waals surface area contributed by atoms with Gasteiger partial charge < -0.3 is 10.1 Å². The zero-order valence-electron chi connectivity index (χ0n) is 13.4. The summed E-state index contributed by atoms with van der Waals surface area (Å²) in [5.74, 6) is 0. The molecule has 1 aromatic heterocycles. The second kappa shape index (κ2) is 6.34. The molecule has 2 heterocycles. The minimum atomic E-state index is 0.0554. The highest BCUT2D eigenvalue weighted by Gasteiger charge is 2.25. The smallest absolute Gasteiger partial charge is 0.205 e. The third-order valence-electron chi connectivity index (χ3n) is 3.85. The van der Waals surface area contributed by atoms with Gasteiger partial charge in [0.2, 0.25) is 5.13 Å². The van der Waals surface area contributed by atoms with Gasteiger partial charge in [-0.25, -0.2) is 0 Å². The Morgan fingerprint density at radius 3 is 2.64 bits per heavy atom. The van der Waals surface area contributed by atoms with Crippen molar-refractivity contribution in [2.75, 3.05) is 11.9 Å². The molecule has 22 heavy (non-hydrogen) atoms. The molecule has 1 aliphatic heterocycles. The topological polar surface area (TPSA) is 47.0 Å². The summed E-state index contributed by atoms with van der Waals surface area (Å²) >= 11 is 1.66. The molecule has 2 atom stereocenters. The van der Waals surface area contributed by atoms with Crippen LogP contribution in [0, 0.1) is 0 Å². The molecule has 5 heteroatoms. The SMILES string of the molecule is CC(C)(C)c1nnc(NC2CCOC(c3ccccc3)C2)s1. The molecule has 0 amide bonds. The number of aromatic nitrogens is 2. The normalized spacial score (nSPS) is 22.5. The molecule has 0 aliphatic carbocycles. The lowest BCUT2D eigenvalue weighted by Crippen LogP contribution is -2.30. The van der Waals surface area contributed by atoms with Gasteiger partial charge in [-0.3, -0.25) is 0 Å². The maximum Gasteiger partial charge on any atom is 0.205 e. The quantitative estimate of drug-likeness (QED) is 0.923. The fraction of sp³-hybridized carbons (Fsp3) is 0.529. The summed E-state index contributed by atoms with van der Waals surface area (Å²) < 4.78 is 5.92. The minimum Gasteiger partial charge on any atom is -0.373 e. The molecule has 0 spiro atoms. The Labute approximate surface area is 135 Å². The summed E-state index contributed by atoms with van der Waals surface area (Å²) in [4.78, 5) is 0. The predicted molar refractivity (Wildman–Crippen MR) is 90.4 cm³/mol. The Kier molecular flexibility index (Phi) is 4.45. The van der Waals surface area contributed by atoms with Crippen LogP contribution in [0.5, 0.6) is 0 Å².